The molecule has 1 aromatic carbocycles. The first-order valence-corrected chi connectivity index (χ1v) is 7.72. The molecule has 0 saturated carbocycles. The van der Waals surface area contributed by atoms with Crippen LogP contribution in [0.2, 0.25) is 15.1 Å². The molecule has 2 rings (SSSR count). The van der Waals surface area contributed by atoms with Crippen LogP contribution in [0.15, 0.2) is 17.0 Å². The van der Waals surface area contributed by atoms with Gasteiger partial charge in [-0.3, -0.25) is 0 Å². The van der Waals surface area contributed by atoms with Gasteiger partial charge in [-0.2, -0.15) is 4.31 Å². The summed E-state index contributed by atoms with van der Waals surface area (Å²) < 4.78 is 25.8. The molecular weight excluding hydrogens is 321 g/mol. The maximum absolute atomic E-state index is 12.3. The highest BCUT2D eigenvalue weighted by atomic mass is 35.5. The van der Waals surface area contributed by atoms with Gasteiger partial charge >= 0.3 is 0 Å². The van der Waals surface area contributed by atoms with Crippen molar-refractivity contribution < 1.29 is 13.5 Å². The van der Waals surface area contributed by atoms with Crippen LogP contribution in [-0.4, -0.2) is 37.0 Å². The summed E-state index contributed by atoms with van der Waals surface area (Å²) in [5.41, 5.74) is 0. The van der Waals surface area contributed by atoms with Crippen LogP contribution in [-0.2, 0) is 10.0 Å². The average molecular weight is 331 g/mol. The van der Waals surface area contributed by atoms with Gasteiger partial charge in [0, 0.05) is 13.1 Å². The Morgan fingerprint density at radius 1 is 1.17 bits per heavy atom. The zero-order valence-electron chi connectivity index (χ0n) is 9.11. The third kappa shape index (κ3) is 2.61. The highest BCUT2D eigenvalue weighted by Gasteiger charge is 2.33. The van der Waals surface area contributed by atoms with E-state index < -0.39 is 16.1 Å². The summed E-state index contributed by atoms with van der Waals surface area (Å²) in [4.78, 5) is -0.0901. The molecule has 1 aliphatic heterocycles. The number of nitrogens with zero attached hydrogens (tertiary/aromatic N) is 1. The van der Waals surface area contributed by atoms with E-state index in [2.05, 4.69) is 0 Å². The molecule has 0 unspecified atom stereocenters. The van der Waals surface area contributed by atoms with Gasteiger partial charge in [-0.25, -0.2) is 8.42 Å². The number of hydrogen-bond donors (Lipinski definition) is 1. The van der Waals surface area contributed by atoms with Crippen molar-refractivity contribution in [2.75, 3.05) is 13.1 Å². The molecule has 1 saturated heterocycles. The molecule has 1 aromatic rings. The fraction of sp³-hybridized carbons (Fsp3) is 0.400. The topological polar surface area (TPSA) is 57.6 Å². The van der Waals surface area contributed by atoms with Gasteiger partial charge in [-0.15, -0.1) is 0 Å². The van der Waals surface area contributed by atoms with Gasteiger partial charge in [0.15, 0.2) is 0 Å². The number of halogens is 3. The molecule has 18 heavy (non-hydrogen) atoms. The molecule has 100 valence electrons. The van der Waals surface area contributed by atoms with E-state index in [9.17, 15) is 13.5 Å². The Kier molecular flexibility index (Phi) is 4.11. The Bertz CT molecular complexity index is 576. The Balaban J connectivity index is 2.45. The summed E-state index contributed by atoms with van der Waals surface area (Å²) in [5, 5.41) is 9.73. The fourth-order valence-electron chi connectivity index (χ4n) is 1.77. The van der Waals surface area contributed by atoms with Crippen molar-refractivity contribution in [2.45, 2.75) is 17.4 Å². The minimum absolute atomic E-state index is 0.0192. The quantitative estimate of drug-likeness (QED) is 0.847. The summed E-state index contributed by atoms with van der Waals surface area (Å²) in [6.07, 6.45) is -0.223. The average Bonchev–Trinajstić information content (AvgIpc) is 2.70. The molecule has 8 heteroatoms. The molecule has 1 N–H and O–H groups in total. The number of rotatable bonds is 2. The molecule has 0 bridgehead atoms. The first-order chi connectivity index (χ1) is 8.32. The maximum atomic E-state index is 12.3. The van der Waals surface area contributed by atoms with E-state index in [1.807, 2.05) is 0 Å². The molecule has 4 nitrogen and oxygen atoms in total. The van der Waals surface area contributed by atoms with Crippen LogP contribution >= 0.6 is 34.8 Å². The van der Waals surface area contributed by atoms with E-state index in [-0.39, 0.29) is 33.1 Å². The number of benzene rings is 1. The van der Waals surface area contributed by atoms with Crippen LogP contribution in [0.1, 0.15) is 6.42 Å². The van der Waals surface area contributed by atoms with Gasteiger partial charge in [-0.05, 0) is 18.6 Å². The molecule has 0 aliphatic carbocycles. The molecule has 1 fully saturated rings. The Labute approximate surface area is 120 Å². The van der Waals surface area contributed by atoms with Crippen molar-refractivity contribution in [3.63, 3.8) is 0 Å². The largest absolute Gasteiger partial charge is 0.392 e. The van der Waals surface area contributed by atoms with Crippen molar-refractivity contribution in [1.29, 1.82) is 0 Å². The summed E-state index contributed by atoms with van der Waals surface area (Å²) in [6, 6.07) is 2.52. The summed E-state index contributed by atoms with van der Waals surface area (Å²) in [6.45, 7) is 0.332. The number of sulfonamides is 1. The van der Waals surface area contributed by atoms with E-state index in [0.717, 1.165) is 0 Å². The normalized spacial score (nSPS) is 21.4. The SMILES string of the molecule is O=S(=O)(c1cc(Cl)c(Cl)cc1Cl)N1CC[C@H](O)C1. The minimum Gasteiger partial charge on any atom is -0.392 e. The minimum atomic E-state index is -3.74. The van der Waals surface area contributed by atoms with Crippen molar-refractivity contribution in [3.8, 4) is 0 Å². The van der Waals surface area contributed by atoms with Gasteiger partial charge in [0.25, 0.3) is 0 Å². The first kappa shape index (κ1) is 14.4. The number of hydrogen-bond acceptors (Lipinski definition) is 3. The van der Waals surface area contributed by atoms with E-state index in [0.29, 0.717) is 6.42 Å². The predicted molar refractivity (Wildman–Crippen MR) is 70.9 cm³/mol. The molecule has 1 atom stereocenters. The molecule has 0 spiro atoms. The van der Waals surface area contributed by atoms with Gasteiger partial charge < -0.3 is 5.11 Å². The summed E-state index contributed by atoms with van der Waals surface area (Å²) in [5.74, 6) is 0. The zero-order valence-corrected chi connectivity index (χ0v) is 12.2. The van der Waals surface area contributed by atoms with E-state index >= 15 is 0 Å². The fourth-order valence-corrected chi connectivity index (χ4v) is 4.24. The van der Waals surface area contributed by atoms with E-state index in [1.54, 1.807) is 0 Å². The second-order valence-corrected chi connectivity index (χ2v) is 7.13. The van der Waals surface area contributed by atoms with Crippen LogP contribution in [0.5, 0.6) is 0 Å². The van der Waals surface area contributed by atoms with Crippen molar-refractivity contribution in [2.24, 2.45) is 0 Å². The molecule has 0 aromatic heterocycles. The molecule has 1 aliphatic rings. The summed E-state index contributed by atoms with van der Waals surface area (Å²) >= 11 is 17.4. The number of β-amino-alcohol motifs (C(OH)–C–C–N with tert-alkyl or cyclic N) is 1. The monoisotopic (exact) mass is 329 g/mol. The van der Waals surface area contributed by atoms with Crippen molar-refractivity contribution in [1.82, 2.24) is 4.31 Å². The Morgan fingerprint density at radius 2 is 1.78 bits per heavy atom. The van der Waals surface area contributed by atoms with E-state index in [1.165, 1.54) is 16.4 Å². The molecule has 1 heterocycles. The first-order valence-electron chi connectivity index (χ1n) is 5.15. The Morgan fingerprint density at radius 3 is 2.33 bits per heavy atom. The second-order valence-electron chi connectivity index (χ2n) is 4.00. The van der Waals surface area contributed by atoms with E-state index in [4.69, 9.17) is 34.8 Å². The standard InChI is InChI=1S/C10H10Cl3NO3S/c11-7-3-9(13)10(4-8(7)12)18(16,17)14-2-1-6(15)5-14/h3-4,6,15H,1-2,5H2/t6-/m0/s1. The lowest BCUT2D eigenvalue weighted by Gasteiger charge is -2.17. The third-order valence-electron chi connectivity index (χ3n) is 2.72. The lowest BCUT2D eigenvalue weighted by molar-refractivity contribution is 0.189. The highest BCUT2D eigenvalue weighted by molar-refractivity contribution is 7.89. The zero-order chi connectivity index (χ0) is 13.5. The smallest absolute Gasteiger partial charge is 0.244 e. The molecule has 0 radical (unpaired) electrons. The van der Waals surface area contributed by atoms with Crippen molar-refractivity contribution in [3.05, 3.63) is 27.2 Å². The van der Waals surface area contributed by atoms with Gasteiger partial charge in [0.2, 0.25) is 10.0 Å². The van der Waals surface area contributed by atoms with Crippen molar-refractivity contribution >= 4 is 44.8 Å². The lowest BCUT2D eigenvalue weighted by Crippen LogP contribution is -2.29. The van der Waals surface area contributed by atoms with Crippen LogP contribution in [0.3, 0.4) is 0 Å². The van der Waals surface area contributed by atoms with Gasteiger partial charge in [0.05, 0.1) is 21.2 Å². The number of aliphatic hydroxyl groups is 1. The summed E-state index contributed by atoms with van der Waals surface area (Å²) in [7, 11) is -3.74. The van der Waals surface area contributed by atoms with Crippen LogP contribution in [0.25, 0.3) is 0 Å². The van der Waals surface area contributed by atoms with Crippen LogP contribution < -0.4 is 0 Å². The predicted octanol–water partition coefficient (Wildman–Crippen LogP) is 2.40. The van der Waals surface area contributed by atoms with Crippen LogP contribution in [0.4, 0.5) is 0 Å². The lowest BCUT2D eigenvalue weighted by atomic mass is 10.3. The highest BCUT2D eigenvalue weighted by Crippen LogP contribution is 2.34. The third-order valence-corrected chi connectivity index (χ3v) is 5.77. The molecule has 0 amide bonds. The van der Waals surface area contributed by atoms with Crippen LogP contribution in [0, 0.1) is 0 Å². The van der Waals surface area contributed by atoms with Gasteiger partial charge in [0.1, 0.15) is 4.90 Å². The Hall–Kier alpha value is -0.0400. The maximum Gasteiger partial charge on any atom is 0.244 e. The molecular formula is C10H10Cl3NO3S. The second kappa shape index (κ2) is 5.15. The van der Waals surface area contributed by atoms with Gasteiger partial charge in [-0.1, -0.05) is 34.8 Å². The number of aliphatic hydroxyl groups excluding tert-OH is 1.